The molecule has 1 saturated heterocycles. The van der Waals surface area contributed by atoms with Gasteiger partial charge in [-0.15, -0.1) is 0 Å². The van der Waals surface area contributed by atoms with Gasteiger partial charge >= 0.3 is 6.03 Å². The molecule has 10 nitrogen and oxygen atoms in total. The molecule has 146 valence electrons. The topological polar surface area (TPSA) is 125 Å². The van der Waals surface area contributed by atoms with E-state index in [9.17, 15) is 4.79 Å². The number of aromatic nitrogens is 5. The van der Waals surface area contributed by atoms with Crippen LogP contribution in [-0.2, 0) is 0 Å². The summed E-state index contributed by atoms with van der Waals surface area (Å²) in [6.45, 7) is 5.08. The van der Waals surface area contributed by atoms with Gasteiger partial charge in [-0.3, -0.25) is 5.32 Å². The average molecular weight is 382 g/mol. The van der Waals surface area contributed by atoms with Gasteiger partial charge in [0.1, 0.15) is 17.3 Å². The van der Waals surface area contributed by atoms with E-state index in [4.69, 9.17) is 4.52 Å². The number of fused-ring (bicyclic) bond motifs is 2. The Kier molecular flexibility index (Phi) is 3.92. The van der Waals surface area contributed by atoms with Crippen molar-refractivity contribution in [2.75, 3.05) is 23.7 Å². The van der Waals surface area contributed by atoms with Gasteiger partial charge in [0.05, 0.1) is 5.39 Å². The van der Waals surface area contributed by atoms with Gasteiger partial charge in [0.25, 0.3) is 5.95 Å². The first-order chi connectivity index (χ1) is 13.5. The highest BCUT2D eigenvalue weighted by atomic mass is 16.5. The summed E-state index contributed by atoms with van der Waals surface area (Å²) in [5.74, 6) is 3.25. The predicted molar refractivity (Wildman–Crippen MR) is 102 cm³/mol. The van der Waals surface area contributed by atoms with Crippen LogP contribution in [0, 0.1) is 25.7 Å². The monoisotopic (exact) mass is 382 g/mol. The highest BCUT2D eigenvalue weighted by Crippen LogP contribution is 2.39. The molecule has 10 heteroatoms. The first kappa shape index (κ1) is 17.0. The predicted octanol–water partition coefficient (Wildman–Crippen LogP) is 2.31. The van der Waals surface area contributed by atoms with Crippen LogP contribution in [0.15, 0.2) is 16.8 Å². The first-order valence-corrected chi connectivity index (χ1v) is 9.49. The molecule has 5 rings (SSSR count). The van der Waals surface area contributed by atoms with Gasteiger partial charge < -0.3 is 19.7 Å². The lowest BCUT2D eigenvalue weighted by Crippen LogP contribution is -2.35. The number of carbonyl (C=O) groups is 1. The zero-order valence-corrected chi connectivity index (χ0v) is 15.8. The minimum absolute atomic E-state index is 0.167. The second-order valence-electron chi connectivity index (χ2n) is 7.66. The van der Waals surface area contributed by atoms with Gasteiger partial charge in [-0.2, -0.15) is 4.98 Å². The Balaban J connectivity index is 1.21. The van der Waals surface area contributed by atoms with E-state index in [-0.39, 0.29) is 12.0 Å². The Bertz CT molecular complexity index is 1010. The van der Waals surface area contributed by atoms with Gasteiger partial charge in [-0.1, -0.05) is 0 Å². The number of hydrogen-bond acceptors (Lipinski definition) is 7. The van der Waals surface area contributed by atoms with E-state index in [1.165, 1.54) is 0 Å². The lowest BCUT2D eigenvalue weighted by molar-refractivity contribution is 0.218. The van der Waals surface area contributed by atoms with Crippen molar-refractivity contribution in [2.24, 2.45) is 11.8 Å². The number of carbonyl (C=O) groups excluding carboxylic acids is 1. The van der Waals surface area contributed by atoms with E-state index in [1.807, 2.05) is 24.1 Å². The zero-order valence-electron chi connectivity index (χ0n) is 15.8. The lowest BCUT2D eigenvalue weighted by Gasteiger charge is -2.20. The van der Waals surface area contributed by atoms with Gasteiger partial charge in [0.2, 0.25) is 5.89 Å². The second-order valence-corrected chi connectivity index (χ2v) is 7.66. The van der Waals surface area contributed by atoms with E-state index >= 15 is 0 Å². The number of aryl methyl sites for hydroxylation is 2. The molecule has 0 radical (unpaired) electrons. The van der Waals surface area contributed by atoms with E-state index in [0.29, 0.717) is 23.8 Å². The highest BCUT2D eigenvalue weighted by Gasteiger charge is 2.42. The van der Waals surface area contributed by atoms with Crippen molar-refractivity contribution >= 4 is 28.8 Å². The maximum atomic E-state index is 12.4. The maximum Gasteiger partial charge on any atom is 0.324 e. The van der Waals surface area contributed by atoms with Gasteiger partial charge in [-0.05, 0) is 42.8 Å². The molecule has 4 heterocycles. The van der Waals surface area contributed by atoms with Crippen LogP contribution in [0.1, 0.15) is 24.6 Å². The molecule has 1 aliphatic heterocycles. The number of aromatic amines is 1. The number of hydrogen-bond donors (Lipinski definition) is 3. The van der Waals surface area contributed by atoms with Crippen LogP contribution in [0.25, 0.3) is 11.0 Å². The summed E-state index contributed by atoms with van der Waals surface area (Å²) in [5.41, 5.74) is 0.854. The molecule has 28 heavy (non-hydrogen) atoms. The minimum atomic E-state index is -0.167. The van der Waals surface area contributed by atoms with E-state index in [1.54, 1.807) is 6.92 Å². The molecule has 0 spiro atoms. The normalized spacial score (nSPS) is 23.9. The number of nitrogens with one attached hydrogen (secondary N) is 3. The fourth-order valence-corrected chi connectivity index (χ4v) is 4.46. The molecule has 1 unspecified atom stereocenters. The van der Waals surface area contributed by atoms with Crippen molar-refractivity contribution in [3.63, 3.8) is 0 Å². The zero-order chi connectivity index (χ0) is 19.3. The molecule has 2 aliphatic rings. The Morgan fingerprint density at radius 2 is 2.00 bits per heavy atom. The third kappa shape index (κ3) is 3.04. The third-order valence-electron chi connectivity index (χ3n) is 5.65. The quantitative estimate of drug-likeness (QED) is 0.635. The molecule has 1 aliphatic carbocycles. The Morgan fingerprint density at radius 1 is 1.21 bits per heavy atom. The Morgan fingerprint density at radius 3 is 2.71 bits per heavy atom. The molecule has 3 aromatic rings. The summed E-state index contributed by atoms with van der Waals surface area (Å²) >= 11 is 0. The van der Waals surface area contributed by atoms with Gasteiger partial charge in [0, 0.05) is 32.3 Å². The van der Waals surface area contributed by atoms with Crippen LogP contribution in [0.3, 0.4) is 0 Å². The molecular formula is C18H22N8O2. The summed E-state index contributed by atoms with van der Waals surface area (Å²) in [7, 11) is 0. The lowest BCUT2D eigenvalue weighted by atomic mass is 10.0. The van der Waals surface area contributed by atoms with Crippen LogP contribution in [0.2, 0.25) is 0 Å². The van der Waals surface area contributed by atoms with Crippen molar-refractivity contribution < 1.29 is 9.32 Å². The third-order valence-corrected chi connectivity index (χ3v) is 5.65. The SMILES string of the molecule is Cc1nc(NC2C[C@@H]3CN(C(=O)Nc4noc(C)n4)C[C@@H]3C2)c2cc[nH]c2n1. The number of nitrogens with zero attached hydrogens (tertiary/aromatic N) is 5. The summed E-state index contributed by atoms with van der Waals surface area (Å²) in [6.07, 6.45) is 3.92. The van der Waals surface area contributed by atoms with E-state index in [2.05, 4.69) is 35.7 Å². The number of anilines is 2. The van der Waals surface area contributed by atoms with Crippen molar-refractivity contribution in [1.29, 1.82) is 0 Å². The van der Waals surface area contributed by atoms with Crippen LogP contribution in [0.5, 0.6) is 0 Å². The molecule has 3 atom stereocenters. The standard InChI is InChI=1S/C18H22N8O2/c1-9-20-15-14(3-4-19-15)16(21-9)23-13-5-11-7-26(8-12(11)6-13)18(27)24-17-22-10(2)28-25-17/h3-4,11-13H,5-8H2,1-2H3,(H,24,25,27)(H2,19,20,21,23)/t11-,12+,13?. The van der Waals surface area contributed by atoms with Crippen molar-refractivity contribution in [3.8, 4) is 0 Å². The molecule has 0 bridgehead atoms. The molecule has 1 saturated carbocycles. The largest absolute Gasteiger partial charge is 0.367 e. The Hall–Kier alpha value is -3.17. The molecule has 3 N–H and O–H groups in total. The maximum absolute atomic E-state index is 12.4. The Labute approximate surface area is 161 Å². The van der Waals surface area contributed by atoms with Crippen molar-refractivity contribution in [1.82, 2.24) is 30.0 Å². The van der Waals surface area contributed by atoms with Crippen molar-refractivity contribution in [2.45, 2.75) is 32.7 Å². The minimum Gasteiger partial charge on any atom is -0.367 e. The number of likely N-dealkylation sites (tertiary alicyclic amines) is 1. The number of rotatable bonds is 3. The fourth-order valence-electron chi connectivity index (χ4n) is 4.46. The van der Waals surface area contributed by atoms with Gasteiger partial charge in [0.15, 0.2) is 0 Å². The summed E-state index contributed by atoms with van der Waals surface area (Å²) < 4.78 is 4.89. The highest BCUT2D eigenvalue weighted by molar-refractivity contribution is 5.88. The summed E-state index contributed by atoms with van der Waals surface area (Å²) in [4.78, 5) is 30.5. The summed E-state index contributed by atoms with van der Waals surface area (Å²) in [5, 5.41) is 11.0. The van der Waals surface area contributed by atoms with Crippen LogP contribution >= 0.6 is 0 Å². The summed E-state index contributed by atoms with van der Waals surface area (Å²) in [6, 6.07) is 2.19. The number of amides is 2. The number of H-pyrrole nitrogens is 1. The second kappa shape index (κ2) is 6.47. The molecule has 3 aromatic heterocycles. The molecule has 2 amide bonds. The first-order valence-electron chi connectivity index (χ1n) is 9.49. The molecule has 2 fully saturated rings. The van der Waals surface area contributed by atoms with Crippen LogP contribution in [-0.4, -0.2) is 55.2 Å². The van der Waals surface area contributed by atoms with Crippen molar-refractivity contribution in [3.05, 3.63) is 24.0 Å². The van der Waals surface area contributed by atoms with Gasteiger partial charge in [-0.25, -0.2) is 14.8 Å². The van der Waals surface area contributed by atoms with E-state index in [0.717, 1.165) is 48.6 Å². The van der Waals surface area contributed by atoms with Crippen LogP contribution in [0.4, 0.5) is 16.6 Å². The number of urea groups is 1. The van der Waals surface area contributed by atoms with E-state index < -0.39 is 0 Å². The smallest absolute Gasteiger partial charge is 0.324 e. The molecule has 0 aromatic carbocycles. The van der Waals surface area contributed by atoms with Crippen LogP contribution < -0.4 is 10.6 Å². The fraction of sp³-hybridized carbons (Fsp3) is 0.500. The average Bonchev–Trinajstić information content (AvgIpc) is 3.38. The molecular weight excluding hydrogens is 360 g/mol.